The molecule has 0 heterocycles. The molecular formula is C6H2Br2FO. The molecule has 0 aliphatic rings. The first-order valence-corrected chi connectivity index (χ1v) is 4.01. The summed E-state index contributed by atoms with van der Waals surface area (Å²) in [6.07, 6.45) is 0. The molecule has 0 fully saturated rings. The lowest BCUT2D eigenvalue weighted by Gasteiger charge is -1.95. The lowest BCUT2D eigenvalue weighted by atomic mass is 10.3. The summed E-state index contributed by atoms with van der Waals surface area (Å²) >= 11 is 5.83. The van der Waals surface area contributed by atoms with Crippen LogP contribution in [0.4, 0.5) is 4.39 Å². The fraction of sp³-hybridized carbons (Fsp3) is 0. The normalized spacial score (nSPS) is 9.90. The molecule has 0 unspecified atom stereocenters. The van der Waals surface area contributed by atoms with E-state index in [9.17, 15) is 9.50 Å². The topological polar surface area (TPSA) is 19.9 Å². The minimum Gasteiger partial charge on any atom is -0.287 e. The summed E-state index contributed by atoms with van der Waals surface area (Å²) in [7, 11) is 0. The molecule has 0 spiro atoms. The average Bonchev–Trinajstić information content (AvgIpc) is 1.82. The molecule has 0 aliphatic heterocycles. The van der Waals surface area contributed by atoms with Crippen molar-refractivity contribution in [2.45, 2.75) is 0 Å². The predicted octanol–water partition coefficient (Wildman–Crippen LogP) is 3.49. The zero-order valence-electron chi connectivity index (χ0n) is 4.70. The molecule has 1 aromatic rings. The van der Waals surface area contributed by atoms with Gasteiger partial charge in [0.1, 0.15) is 5.82 Å². The van der Waals surface area contributed by atoms with E-state index in [4.69, 9.17) is 0 Å². The fourth-order valence-corrected chi connectivity index (χ4v) is 1.66. The molecule has 0 aromatic heterocycles. The molecule has 1 radical (unpaired) electrons. The maximum Gasteiger partial charge on any atom is 0.207 e. The van der Waals surface area contributed by atoms with E-state index in [1.165, 1.54) is 0 Å². The Morgan fingerprint density at radius 2 is 1.60 bits per heavy atom. The third-order valence-electron chi connectivity index (χ3n) is 0.963. The fourth-order valence-electron chi connectivity index (χ4n) is 0.529. The van der Waals surface area contributed by atoms with Gasteiger partial charge in [-0.15, -0.1) is 0 Å². The second kappa shape index (κ2) is 2.88. The number of benzene rings is 1. The Morgan fingerprint density at radius 3 is 2.00 bits per heavy atom. The molecule has 0 atom stereocenters. The van der Waals surface area contributed by atoms with E-state index in [-0.39, 0.29) is 14.7 Å². The van der Waals surface area contributed by atoms with Crippen LogP contribution in [0.5, 0.6) is 5.75 Å². The van der Waals surface area contributed by atoms with Gasteiger partial charge in [0.25, 0.3) is 0 Å². The van der Waals surface area contributed by atoms with Crippen LogP contribution in [0.3, 0.4) is 0 Å². The number of hydrogen-bond donors (Lipinski definition) is 0. The zero-order chi connectivity index (χ0) is 7.72. The molecule has 1 aromatic carbocycles. The van der Waals surface area contributed by atoms with E-state index < -0.39 is 5.82 Å². The van der Waals surface area contributed by atoms with Gasteiger partial charge in [-0.25, -0.2) is 4.39 Å². The average molecular weight is 269 g/mol. The lowest BCUT2D eigenvalue weighted by molar-refractivity contribution is 0.348. The summed E-state index contributed by atoms with van der Waals surface area (Å²) in [6.45, 7) is 0. The Labute approximate surface area is 74.1 Å². The second-order valence-electron chi connectivity index (χ2n) is 1.70. The van der Waals surface area contributed by atoms with Crippen molar-refractivity contribution in [1.82, 2.24) is 0 Å². The summed E-state index contributed by atoms with van der Waals surface area (Å²) in [5.74, 6) is -0.667. The quantitative estimate of drug-likeness (QED) is 0.687. The Bertz CT molecular complexity index is 239. The van der Waals surface area contributed by atoms with Crippen LogP contribution < -0.4 is 0 Å². The Kier molecular flexibility index (Phi) is 2.31. The predicted molar refractivity (Wildman–Crippen MR) is 41.9 cm³/mol. The van der Waals surface area contributed by atoms with Crippen LogP contribution in [0.25, 0.3) is 0 Å². The van der Waals surface area contributed by atoms with Crippen molar-refractivity contribution < 1.29 is 9.50 Å². The van der Waals surface area contributed by atoms with Crippen LogP contribution in [0.15, 0.2) is 21.1 Å². The van der Waals surface area contributed by atoms with Crippen molar-refractivity contribution in [3.05, 3.63) is 26.9 Å². The first kappa shape index (κ1) is 8.01. The maximum atomic E-state index is 12.4. The van der Waals surface area contributed by atoms with Crippen molar-refractivity contribution in [2.24, 2.45) is 0 Å². The van der Waals surface area contributed by atoms with Crippen molar-refractivity contribution >= 4 is 31.9 Å². The van der Waals surface area contributed by atoms with Gasteiger partial charge in [-0.3, -0.25) is 5.11 Å². The summed E-state index contributed by atoms with van der Waals surface area (Å²) in [6, 6.07) is 2.26. The largest absolute Gasteiger partial charge is 0.287 e. The van der Waals surface area contributed by atoms with Crippen LogP contribution >= 0.6 is 31.9 Å². The van der Waals surface area contributed by atoms with Gasteiger partial charge in [0.2, 0.25) is 5.75 Å². The minimum absolute atomic E-state index is 0.235. The van der Waals surface area contributed by atoms with Gasteiger partial charge in [-0.05, 0) is 44.0 Å². The minimum atomic E-state index is -0.432. The van der Waals surface area contributed by atoms with Crippen LogP contribution in [-0.4, -0.2) is 0 Å². The number of hydrogen-bond acceptors (Lipinski definition) is 0. The molecule has 53 valence electrons. The highest BCUT2D eigenvalue weighted by Crippen LogP contribution is 2.33. The highest BCUT2D eigenvalue weighted by atomic mass is 79.9. The third kappa shape index (κ3) is 1.49. The monoisotopic (exact) mass is 267 g/mol. The molecular weight excluding hydrogens is 267 g/mol. The van der Waals surface area contributed by atoms with Gasteiger partial charge in [0, 0.05) is 0 Å². The van der Waals surface area contributed by atoms with Crippen molar-refractivity contribution in [3.8, 4) is 5.75 Å². The summed E-state index contributed by atoms with van der Waals surface area (Å²) < 4.78 is 12.9. The van der Waals surface area contributed by atoms with E-state index >= 15 is 0 Å². The van der Waals surface area contributed by atoms with Gasteiger partial charge >= 0.3 is 0 Å². The van der Waals surface area contributed by atoms with Crippen molar-refractivity contribution in [1.29, 1.82) is 0 Å². The van der Waals surface area contributed by atoms with Gasteiger partial charge in [0.15, 0.2) is 0 Å². The molecule has 0 saturated carbocycles. The van der Waals surface area contributed by atoms with Crippen LogP contribution in [0, 0.1) is 5.82 Å². The SMILES string of the molecule is [O]c1c(Br)cc(F)cc1Br. The molecule has 1 nitrogen and oxygen atoms in total. The summed E-state index contributed by atoms with van der Waals surface area (Å²) in [4.78, 5) is 0. The van der Waals surface area contributed by atoms with Crippen LogP contribution in [-0.2, 0) is 5.11 Å². The highest BCUT2D eigenvalue weighted by molar-refractivity contribution is 9.11. The van der Waals surface area contributed by atoms with Gasteiger partial charge < -0.3 is 0 Å². The molecule has 10 heavy (non-hydrogen) atoms. The second-order valence-corrected chi connectivity index (χ2v) is 3.41. The van der Waals surface area contributed by atoms with Gasteiger partial charge in [-0.2, -0.15) is 0 Å². The van der Waals surface area contributed by atoms with Gasteiger partial charge in [0.05, 0.1) is 8.95 Å². The maximum absolute atomic E-state index is 12.4. The molecule has 0 N–H and O–H groups in total. The number of halogens is 3. The van der Waals surface area contributed by atoms with E-state index in [2.05, 4.69) is 31.9 Å². The lowest BCUT2D eigenvalue weighted by Crippen LogP contribution is -1.75. The molecule has 0 aliphatic carbocycles. The molecule has 0 amide bonds. The molecule has 0 saturated heterocycles. The van der Waals surface area contributed by atoms with Gasteiger partial charge in [-0.1, -0.05) is 0 Å². The highest BCUT2D eigenvalue weighted by Gasteiger charge is 2.06. The Morgan fingerprint density at radius 1 is 1.20 bits per heavy atom. The first-order valence-electron chi connectivity index (χ1n) is 2.43. The third-order valence-corrected chi connectivity index (χ3v) is 2.14. The summed E-state index contributed by atoms with van der Waals surface area (Å²) in [5, 5.41) is 10.9. The molecule has 1 rings (SSSR count). The summed E-state index contributed by atoms with van der Waals surface area (Å²) in [5.41, 5.74) is 0. The zero-order valence-corrected chi connectivity index (χ0v) is 7.87. The van der Waals surface area contributed by atoms with E-state index in [1.54, 1.807) is 0 Å². The van der Waals surface area contributed by atoms with Crippen LogP contribution in [0.1, 0.15) is 0 Å². The molecule has 4 heteroatoms. The smallest absolute Gasteiger partial charge is 0.207 e. The van der Waals surface area contributed by atoms with Crippen molar-refractivity contribution in [3.63, 3.8) is 0 Å². The number of rotatable bonds is 0. The molecule has 0 bridgehead atoms. The van der Waals surface area contributed by atoms with E-state index in [0.29, 0.717) is 0 Å². The van der Waals surface area contributed by atoms with Crippen molar-refractivity contribution in [2.75, 3.05) is 0 Å². The van der Waals surface area contributed by atoms with E-state index in [1.807, 2.05) is 0 Å². The first-order chi connectivity index (χ1) is 4.61. The Balaban J connectivity index is 3.31. The van der Waals surface area contributed by atoms with Crippen LogP contribution in [0.2, 0.25) is 0 Å². The standard InChI is InChI=1S/C6H2Br2FO/c7-4-1-3(9)2-5(8)6(4)10/h1-2H. The van der Waals surface area contributed by atoms with E-state index in [0.717, 1.165) is 12.1 Å². The Hall–Kier alpha value is -0.0900.